The maximum Gasteiger partial charge on any atom is 0.219 e. The molecule has 164 valence electrons. The van der Waals surface area contributed by atoms with E-state index in [4.69, 9.17) is 10.2 Å². The molecular weight excluding hydrogens is 414 g/mol. The molecule has 0 amide bonds. The van der Waals surface area contributed by atoms with Gasteiger partial charge in [-0.25, -0.2) is 19.9 Å². The van der Waals surface area contributed by atoms with Gasteiger partial charge in [0.2, 0.25) is 5.95 Å². The molecule has 5 rings (SSSR count). The zero-order valence-corrected chi connectivity index (χ0v) is 18.6. The lowest BCUT2D eigenvalue weighted by molar-refractivity contribution is 0.613. The van der Waals surface area contributed by atoms with E-state index in [1.807, 2.05) is 38.2 Å². The summed E-state index contributed by atoms with van der Waals surface area (Å²) in [4.78, 5) is 21.8. The summed E-state index contributed by atoms with van der Waals surface area (Å²) in [6.45, 7) is 6.00. The predicted molar refractivity (Wildman–Crippen MR) is 128 cm³/mol. The number of pyridine rings is 1. The highest BCUT2D eigenvalue weighted by Gasteiger charge is 2.12. The van der Waals surface area contributed by atoms with Crippen molar-refractivity contribution >= 4 is 22.7 Å². The van der Waals surface area contributed by atoms with E-state index >= 15 is 0 Å². The number of nitrogen functional groups attached to an aromatic ring is 1. The molecule has 5 aromatic rings. The average molecular weight is 438 g/mol. The van der Waals surface area contributed by atoms with Crippen molar-refractivity contribution in [1.82, 2.24) is 24.9 Å². The van der Waals surface area contributed by atoms with Crippen LogP contribution in [0.25, 0.3) is 33.4 Å². The summed E-state index contributed by atoms with van der Waals surface area (Å²) < 4.78 is 5.57. The Kier molecular flexibility index (Phi) is 5.18. The Morgan fingerprint density at radius 1 is 0.909 bits per heavy atom. The zero-order valence-electron chi connectivity index (χ0n) is 18.6. The van der Waals surface area contributed by atoms with Crippen LogP contribution >= 0.6 is 0 Å². The lowest BCUT2D eigenvalue weighted by atomic mass is 10.1. The van der Waals surface area contributed by atoms with Crippen LogP contribution in [-0.4, -0.2) is 24.9 Å². The highest BCUT2D eigenvalue weighted by atomic mass is 16.3. The molecule has 0 aliphatic heterocycles. The van der Waals surface area contributed by atoms with Crippen LogP contribution in [0.5, 0.6) is 0 Å². The molecule has 4 heterocycles. The number of nitrogens with two attached hydrogens (primary N) is 1. The quantitative estimate of drug-likeness (QED) is 0.389. The third-order valence-electron chi connectivity index (χ3n) is 5.53. The third-order valence-corrected chi connectivity index (χ3v) is 5.53. The van der Waals surface area contributed by atoms with Crippen LogP contribution in [0.15, 0.2) is 65.8 Å². The number of rotatable bonds is 5. The van der Waals surface area contributed by atoms with Gasteiger partial charge in [0.15, 0.2) is 0 Å². The Hall–Kier alpha value is -4.33. The second-order valence-corrected chi connectivity index (χ2v) is 8.02. The van der Waals surface area contributed by atoms with Crippen LogP contribution in [0.2, 0.25) is 0 Å². The molecule has 0 unspecified atom stereocenters. The van der Waals surface area contributed by atoms with Gasteiger partial charge in [0.25, 0.3) is 0 Å². The van der Waals surface area contributed by atoms with Gasteiger partial charge in [-0.05, 0) is 56.2 Å². The number of nitrogens with one attached hydrogen (secondary N) is 1. The van der Waals surface area contributed by atoms with Gasteiger partial charge in [0.1, 0.15) is 17.2 Å². The summed E-state index contributed by atoms with van der Waals surface area (Å²) in [5.41, 5.74) is 12.2. The van der Waals surface area contributed by atoms with Crippen LogP contribution in [0.4, 0.5) is 11.8 Å². The fourth-order valence-electron chi connectivity index (χ4n) is 3.75. The summed E-state index contributed by atoms with van der Waals surface area (Å²) in [6, 6.07) is 10.1. The molecule has 8 heteroatoms. The molecule has 1 atom stereocenters. The summed E-state index contributed by atoms with van der Waals surface area (Å²) in [6.07, 6.45) is 8.78. The van der Waals surface area contributed by atoms with Crippen molar-refractivity contribution in [3.8, 4) is 22.4 Å². The van der Waals surface area contributed by atoms with Gasteiger partial charge in [-0.15, -0.1) is 0 Å². The van der Waals surface area contributed by atoms with Crippen molar-refractivity contribution in [2.75, 3.05) is 11.1 Å². The minimum Gasteiger partial charge on any atom is -0.464 e. The first-order valence-corrected chi connectivity index (χ1v) is 10.6. The lowest BCUT2D eigenvalue weighted by Gasteiger charge is -2.16. The van der Waals surface area contributed by atoms with Crippen LogP contribution in [0.3, 0.4) is 0 Å². The fourth-order valence-corrected chi connectivity index (χ4v) is 3.75. The second kappa shape index (κ2) is 8.31. The normalized spacial score (nSPS) is 12.1. The molecule has 4 aromatic heterocycles. The highest BCUT2D eigenvalue weighted by molar-refractivity contribution is 5.85. The van der Waals surface area contributed by atoms with Gasteiger partial charge >= 0.3 is 0 Å². The number of hydrogen-bond donors (Lipinski definition) is 2. The molecule has 0 aliphatic rings. The van der Waals surface area contributed by atoms with Crippen LogP contribution in [0.1, 0.15) is 29.9 Å². The van der Waals surface area contributed by atoms with Gasteiger partial charge < -0.3 is 15.5 Å². The van der Waals surface area contributed by atoms with E-state index in [1.54, 1.807) is 24.9 Å². The smallest absolute Gasteiger partial charge is 0.219 e. The van der Waals surface area contributed by atoms with Crippen molar-refractivity contribution in [3.63, 3.8) is 0 Å². The van der Waals surface area contributed by atoms with Gasteiger partial charge in [0.05, 0.1) is 18.0 Å². The number of hydrogen-bond acceptors (Lipinski definition) is 8. The van der Waals surface area contributed by atoms with E-state index in [-0.39, 0.29) is 12.0 Å². The molecule has 1 aromatic carbocycles. The molecule has 0 saturated heterocycles. The molecule has 0 aliphatic carbocycles. The van der Waals surface area contributed by atoms with E-state index < -0.39 is 0 Å². The van der Waals surface area contributed by atoms with Crippen molar-refractivity contribution in [1.29, 1.82) is 0 Å². The Balaban J connectivity index is 1.42. The fraction of sp³-hybridized carbons (Fsp3) is 0.160. The van der Waals surface area contributed by atoms with E-state index in [0.29, 0.717) is 5.82 Å². The third kappa shape index (κ3) is 4.23. The number of aryl methyl sites for hydroxylation is 2. The standard InChI is InChI=1S/C25H23N7O/c1-14-13-33-23-5-4-17(7-21(14)23)22-8-24(32-16(3)31-22)30-15(2)18-6-19(10-27-9-18)20-11-28-25(26)29-12-20/h4-13,15H,1-3H3,(H2,26,28,29)(H,30,31,32)/t15-/m0/s1. The van der Waals surface area contributed by atoms with Crippen molar-refractivity contribution in [2.24, 2.45) is 0 Å². The number of nitrogens with zero attached hydrogens (tertiary/aromatic N) is 5. The molecule has 8 nitrogen and oxygen atoms in total. The van der Waals surface area contributed by atoms with Crippen LogP contribution in [0, 0.1) is 13.8 Å². The maximum absolute atomic E-state index is 5.60. The second-order valence-electron chi connectivity index (χ2n) is 8.02. The highest BCUT2D eigenvalue weighted by Crippen LogP contribution is 2.29. The first-order valence-electron chi connectivity index (χ1n) is 10.6. The minimum absolute atomic E-state index is 0.0344. The van der Waals surface area contributed by atoms with Gasteiger partial charge in [-0.2, -0.15) is 0 Å². The first-order chi connectivity index (χ1) is 16.0. The Morgan fingerprint density at radius 3 is 2.55 bits per heavy atom. The van der Waals surface area contributed by atoms with Gasteiger partial charge in [-0.1, -0.05) is 0 Å². The number of benzene rings is 1. The van der Waals surface area contributed by atoms with Gasteiger partial charge in [0, 0.05) is 52.9 Å². The first kappa shape index (κ1) is 20.6. The Bertz CT molecular complexity index is 1440. The molecule has 0 saturated carbocycles. The minimum atomic E-state index is -0.0344. The molecule has 0 spiro atoms. The molecule has 0 fully saturated rings. The average Bonchev–Trinajstić information content (AvgIpc) is 3.19. The summed E-state index contributed by atoms with van der Waals surface area (Å²) in [7, 11) is 0. The SMILES string of the molecule is Cc1nc(N[C@@H](C)c2cncc(-c3cnc(N)nc3)c2)cc(-c2ccc3occ(C)c3c2)n1. The van der Waals surface area contributed by atoms with E-state index in [9.17, 15) is 0 Å². The summed E-state index contributed by atoms with van der Waals surface area (Å²) in [5, 5.41) is 4.56. The van der Waals surface area contributed by atoms with Crippen LogP contribution in [-0.2, 0) is 0 Å². The Morgan fingerprint density at radius 2 is 1.73 bits per heavy atom. The lowest BCUT2D eigenvalue weighted by Crippen LogP contribution is -2.10. The Labute approximate surface area is 191 Å². The molecular formula is C25H23N7O. The van der Waals surface area contributed by atoms with Gasteiger partial charge in [-0.3, -0.25) is 4.98 Å². The largest absolute Gasteiger partial charge is 0.464 e. The molecule has 33 heavy (non-hydrogen) atoms. The monoisotopic (exact) mass is 437 g/mol. The van der Waals surface area contributed by atoms with Crippen LogP contribution < -0.4 is 11.1 Å². The zero-order chi connectivity index (χ0) is 22.9. The van der Waals surface area contributed by atoms with Crippen molar-refractivity contribution < 1.29 is 4.42 Å². The predicted octanol–water partition coefficient (Wildman–Crippen LogP) is 5.11. The number of fused-ring (bicyclic) bond motifs is 1. The van der Waals surface area contributed by atoms with Crippen molar-refractivity contribution in [2.45, 2.75) is 26.8 Å². The van der Waals surface area contributed by atoms with E-state index in [2.05, 4.69) is 49.3 Å². The van der Waals surface area contributed by atoms with Crippen molar-refractivity contribution in [3.05, 3.63) is 78.3 Å². The van der Waals surface area contributed by atoms with E-state index in [0.717, 1.165) is 50.3 Å². The summed E-state index contributed by atoms with van der Waals surface area (Å²) >= 11 is 0. The number of furan rings is 1. The topological polar surface area (TPSA) is 116 Å². The maximum atomic E-state index is 5.60. The number of anilines is 2. The molecule has 0 bridgehead atoms. The summed E-state index contributed by atoms with van der Waals surface area (Å²) in [5.74, 6) is 1.68. The number of aromatic nitrogens is 5. The molecule has 0 radical (unpaired) electrons. The molecule has 3 N–H and O–H groups in total. The van der Waals surface area contributed by atoms with E-state index in [1.165, 1.54) is 0 Å².